The van der Waals surface area contributed by atoms with Crippen LogP contribution in [0.4, 0.5) is 0 Å². The number of aromatic nitrogens is 3. The van der Waals surface area contributed by atoms with E-state index in [4.69, 9.17) is 0 Å². The van der Waals surface area contributed by atoms with Crippen LogP contribution in [0, 0.1) is 12.8 Å². The summed E-state index contributed by atoms with van der Waals surface area (Å²) in [7, 11) is -3.44. The molecule has 1 atom stereocenters. The van der Waals surface area contributed by atoms with Crippen molar-refractivity contribution in [3.8, 4) is 0 Å². The molecular weight excluding hydrogens is 300 g/mol. The van der Waals surface area contributed by atoms with Crippen LogP contribution in [-0.4, -0.2) is 41.0 Å². The molecule has 0 saturated carbocycles. The Labute approximate surface area is 130 Å². The quantitative estimate of drug-likeness (QED) is 0.931. The Hall–Kier alpha value is -1.73. The van der Waals surface area contributed by atoms with E-state index in [1.165, 1.54) is 6.20 Å². The fraction of sp³-hybridized carbons (Fsp3) is 0.467. The Kier molecular flexibility index (Phi) is 4.26. The van der Waals surface area contributed by atoms with Gasteiger partial charge in [0.05, 0.1) is 6.20 Å². The molecule has 3 heterocycles. The Morgan fingerprint density at radius 2 is 2.27 bits per heavy atom. The molecule has 0 aromatic carbocycles. The first kappa shape index (κ1) is 15.2. The number of hydrogen-bond donors (Lipinski definition) is 1. The van der Waals surface area contributed by atoms with Gasteiger partial charge in [0.15, 0.2) is 0 Å². The monoisotopic (exact) mass is 320 g/mol. The number of sulfonamides is 1. The van der Waals surface area contributed by atoms with Gasteiger partial charge in [-0.2, -0.15) is 9.40 Å². The Morgan fingerprint density at radius 3 is 2.95 bits per heavy atom. The van der Waals surface area contributed by atoms with Crippen LogP contribution in [0.5, 0.6) is 0 Å². The highest BCUT2D eigenvalue weighted by molar-refractivity contribution is 7.89. The number of aromatic amines is 1. The van der Waals surface area contributed by atoms with Crippen molar-refractivity contribution in [1.82, 2.24) is 19.5 Å². The lowest BCUT2D eigenvalue weighted by molar-refractivity contribution is 0.264. The van der Waals surface area contributed by atoms with Crippen molar-refractivity contribution in [2.75, 3.05) is 13.1 Å². The third kappa shape index (κ3) is 3.05. The van der Waals surface area contributed by atoms with Gasteiger partial charge in [0.2, 0.25) is 10.0 Å². The number of pyridine rings is 1. The second kappa shape index (κ2) is 6.18. The van der Waals surface area contributed by atoms with Crippen molar-refractivity contribution in [2.45, 2.75) is 31.1 Å². The molecule has 2 aromatic rings. The molecule has 1 saturated heterocycles. The molecule has 118 valence electrons. The van der Waals surface area contributed by atoms with E-state index in [0.29, 0.717) is 19.0 Å². The van der Waals surface area contributed by atoms with E-state index >= 15 is 0 Å². The summed E-state index contributed by atoms with van der Waals surface area (Å²) < 4.78 is 26.9. The number of nitrogens with zero attached hydrogens (tertiary/aromatic N) is 3. The highest BCUT2D eigenvalue weighted by atomic mass is 32.2. The average molecular weight is 320 g/mol. The third-order valence-electron chi connectivity index (χ3n) is 4.18. The predicted molar refractivity (Wildman–Crippen MR) is 82.7 cm³/mol. The zero-order valence-electron chi connectivity index (χ0n) is 12.6. The molecule has 0 bridgehead atoms. The van der Waals surface area contributed by atoms with Crippen LogP contribution in [0.3, 0.4) is 0 Å². The zero-order chi connectivity index (χ0) is 15.6. The first-order valence-electron chi connectivity index (χ1n) is 7.46. The van der Waals surface area contributed by atoms with Crippen LogP contribution in [0.2, 0.25) is 0 Å². The lowest BCUT2D eigenvalue weighted by atomic mass is 9.94. The van der Waals surface area contributed by atoms with Gasteiger partial charge in [-0.25, -0.2) is 8.42 Å². The normalized spacial score (nSPS) is 20.1. The molecule has 0 radical (unpaired) electrons. The average Bonchev–Trinajstić information content (AvgIpc) is 2.94. The van der Waals surface area contributed by atoms with Gasteiger partial charge in [-0.15, -0.1) is 0 Å². The van der Waals surface area contributed by atoms with Crippen molar-refractivity contribution < 1.29 is 8.42 Å². The van der Waals surface area contributed by atoms with E-state index in [0.717, 1.165) is 30.5 Å². The number of aryl methyl sites for hydroxylation is 1. The molecule has 1 aliphatic heterocycles. The van der Waals surface area contributed by atoms with Crippen LogP contribution >= 0.6 is 0 Å². The van der Waals surface area contributed by atoms with Crippen LogP contribution in [0.15, 0.2) is 35.6 Å². The second-order valence-corrected chi connectivity index (χ2v) is 7.73. The summed E-state index contributed by atoms with van der Waals surface area (Å²) in [6.45, 7) is 3.15. The smallest absolute Gasteiger partial charge is 0.244 e. The first-order chi connectivity index (χ1) is 10.6. The summed E-state index contributed by atoms with van der Waals surface area (Å²) in [6.07, 6.45) is 7.57. The number of piperidine rings is 1. The summed E-state index contributed by atoms with van der Waals surface area (Å²) >= 11 is 0. The molecule has 1 aliphatic rings. The van der Waals surface area contributed by atoms with Gasteiger partial charge in [0, 0.05) is 31.2 Å². The van der Waals surface area contributed by atoms with E-state index < -0.39 is 10.0 Å². The molecule has 6 nitrogen and oxygen atoms in total. The molecule has 1 fully saturated rings. The number of rotatable bonds is 4. The lowest BCUT2D eigenvalue weighted by Gasteiger charge is -2.31. The fourth-order valence-electron chi connectivity index (χ4n) is 2.93. The molecule has 1 unspecified atom stereocenters. The maximum atomic E-state index is 12.7. The van der Waals surface area contributed by atoms with Crippen LogP contribution in [0.1, 0.15) is 24.1 Å². The summed E-state index contributed by atoms with van der Waals surface area (Å²) in [4.78, 5) is 4.19. The number of H-pyrrole nitrogens is 1. The SMILES string of the molecule is Cc1cn[nH]c1CC1CCCN(S(=O)(=O)c2cccnc2)C1. The summed E-state index contributed by atoms with van der Waals surface area (Å²) in [5.41, 5.74) is 2.23. The third-order valence-corrected chi connectivity index (χ3v) is 6.03. The van der Waals surface area contributed by atoms with Gasteiger partial charge in [-0.3, -0.25) is 10.1 Å². The minimum Gasteiger partial charge on any atom is -0.282 e. The minimum absolute atomic E-state index is 0.272. The second-order valence-electron chi connectivity index (χ2n) is 5.80. The van der Waals surface area contributed by atoms with E-state index in [2.05, 4.69) is 15.2 Å². The predicted octanol–water partition coefficient (Wildman–Crippen LogP) is 1.76. The van der Waals surface area contributed by atoms with Crippen molar-refractivity contribution >= 4 is 10.0 Å². The largest absolute Gasteiger partial charge is 0.282 e. The molecule has 7 heteroatoms. The van der Waals surface area contributed by atoms with Gasteiger partial charge >= 0.3 is 0 Å². The van der Waals surface area contributed by atoms with Gasteiger partial charge in [-0.05, 0) is 49.8 Å². The molecule has 0 spiro atoms. The first-order valence-corrected chi connectivity index (χ1v) is 8.90. The molecule has 22 heavy (non-hydrogen) atoms. The lowest BCUT2D eigenvalue weighted by Crippen LogP contribution is -2.40. The van der Waals surface area contributed by atoms with Crippen LogP contribution in [-0.2, 0) is 16.4 Å². The van der Waals surface area contributed by atoms with E-state index in [9.17, 15) is 8.42 Å². The Morgan fingerprint density at radius 1 is 1.41 bits per heavy atom. The molecule has 0 aliphatic carbocycles. The van der Waals surface area contributed by atoms with Gasteiger partial charge in [-0.1, -0.05) is 0 Å². The summed E-state index contributed by atoms with van der Waals surface area (Å²) in [5.74, 6) is 0.319. The maximum absolute atomic E-state index is 12.7. The van der Waals surface area contributed by atoms with E-state index in [1.54, 1.807) is 22.6 Å². The Bertz CT molecular complexity index is 727. The van der Waals surface area contributed by atoms with Crippen LogP contribution in [0.25, 0.3) is 0 Å². The topological polar surface area (TPSA) is 79.0 Å². The van der Waals surface area contributed by atoms with Crippen LogP contribution < -0.4 is 0 Å². The number of nitrogens with one attached hydrogen (secondary N) is 1. The van der Waals surface area contributed by atoms with Gasteiger partial charge in [0.25, 0.3) is 0 Å². The molecule has 1 N–H and O–H groups in total. The summed E-state index contributed by atoms with van der Waals surface area (Å²) in [5, 5.41) is 7.05. The number of hydrogen-bond acceptors (Lipinski definition) is 4. The van der Waals surface area contributed by atoms with Crippen molar-refractivity contribution in [3.63, 3.8) is 0 Å². The van der Waals surface area contributed by atoms with Gasteiger partial charge < -0.3 is 0 Å². The molecular formula is C15H20N4O2S. The van der Waals surface area contributed by atoms with E-state index in [-0.39, 0.29) is 4.90 Å². The van der Waals surface area contributed by atoms with Gasteiger partial charge in [0.1, 0.15) is 4.90 Å². The van der Waals surface area contributed by atoms with Crippen molar-refractivity contribution in [3.05, 3.63) is 42.0 Å². The highest BCUT2D eigenvalue weighted by Gasteiger charge is 2.30. The highest BCUT2D eigenvalue weighted by Crippen LogP contribution is 2.25. The molecule has 2 aromatic heterocycles. The van der Waals surface area contributed by atoms with E-state index in [1.807, 2.05) is 13.1 Å². The molecule has 3 rings (SSSR count). The summed E-state index contributed by atoms with van der Waals surface area (Å²) in [6, 6.07) is 3.26. The fourth-order valence-corrected chi connectivity index (χ4v) is 4.45. The Balaban J connectivity index is 1.74. The minimum atomic E-state index is -3.44. The van der Waals surface area contributed by atoms with Crippen molar-refractivity contribution in [2.24, 2.45) is 5.92 Å². The van der Waals surface area contributed by atoms with Crippen molar-refractivity contribution in [1.29, 1.82) is 0 Å². The zero-order valence-corrected chi connectivity index (χ0v) is 13.4. The standard InChI is InChI=1S/C15H20N4O2S/c1-12-9-17-18-15(12)8-13-4-3-7-19(11-13)22(20,21)14-5-2-6-16-10-14/h2,5-6,9-10,13H,3-4,7-8,11H2,1H3,(H,17,18). The molecule has 0 amide bonds. The maximum Gasteiger partial charge on any atom is 0.244 e.